The van der Waals surface area contributed by atoms with Gasteiger partial charge in [0.1, 0.15) is 4.70 Å². The molecule has 0 fully saturated rings. The third-order valence-corrected chi connectivity index (χ3v) is 7.54. The zero-order chi connectivity index (χ0) is 24.9. The average molecular weight is 510 g/mol. The monoisotopic (exact) mass is 509 g/mol. The van der Waals surface area contributed by atoms with Crippen LogP contribution in [0.3, 0.4) is 0 Å². The van der Waals surface area contributed by atoms with Gasteiger partial charge in [0.2, 0.25) is 5.91 Å². The average Bonchev–Trinajstić information content (AvgIpc) is 3.33. The van der Waals surface area contributed by atoms with Crippen LogP contribution in [-0.2, 0) is 11.2 Å². The van der Waals surface area contributed by atoms with Crippen molar-refractivity contribution in [2.24, 2.45) is 0 Å². The summed E-state index contributed by atoms with van der Waals surface area (Å²) >= 11 is 2.63. The summed E-state index contributed by atoms with van der Waals surface area (Å²) in [5.41, 5.74) is 4.54. The number of nitrogens with one attached hydrogen (secondary N) is 1. The standard InChI is InChI=1S/C26H27N3O4S2/c1-16-5-7-19(13-17(16)2)29-25(31)24-20(10-12-34-24)28-26(29)35-15-23(30)27-11-9-18-6-8-21(32-3)22(14-18)33-4/h5-8,10,12-14H,9,11,15H2,1-4H3,(H,27,30). The molecule has 0 unspecified atom stereocenters. The summed E-state index contributed by atoms with van der Waals surface area (Å²) in [6.07, 6.45) is 0.656. The Bertz CT molecular complexity index is 1430. The van der Waals surface area contributed by atoms with Crippen molar-refractivity contribution in [3.05, 3.63) is 74.9 Å². The first-order valence-electron chi connectivity index (χ1n) is 11.1. The van der Waals surface area contributed by atoms with E-state index in [1.54, 1.807) is 18.8 Å². The molecule has 0 aliphatic carbocycles. The number of fused-ring (bicyclic) bond motifs is 1. The van der Waals surface area contributed by atoms with Crippen LogP contribution >= 0.6 is 23.1 Å². The maximum atomic E-state index is 13.3. The van der Waals surface area contributed by atoms with E-state index in [9.17, 15) is 9.59 Å². The fourth-order valence-electron chi connectivity index (χ4n) is 3.64. The Kier molecular flexibility index (Phi) is 7.77. The molecule has 0 saturated heterocycles. The number of methoxy groups -OCH3 is 2. The van der Waals surface area contributed by atoms with Gasteiger partial charge in [0.05, 0.1) is 31.2 Å². The van der Waals surface area contributed by atoms with Crippen molar-refractivity contribution in [3.8, 4) is 17.2 Å². The lowest BCUT2D eigenvalue weighted by molar-refractivity contribution is -0.118. The van der Waals surface area contributed by atoms with E-state index in [0.29, 0.717) is 39.8 Å². The van der Waals surface area contributed by atoms with Crippen molar-refractivity contribution >= 4 is 39.2 Å². The second-order valence-electron chi connectivity index (χ2n) is 8.02. The van der Waals surface area contributed by atoms with Crippen LogP contribution in [-0.4, -0.2) is 42.0 Å². The van der Waals surface area contributed by atoms with E-state index >= 15 is 0 Å². The van der Waals surface area contributed by atoms with Crippen molar-refractivity contribution in [3.63, 3.8) is 0 Å². The number of rotatable bonds is 9. The van der Waals surface area contributed by atoms with E-state index in [1.807, 2.05) is 61.7 Å². The van der Waals surface area contributed by atoms with Crippen molar-refractivity contribution in [1.29, 1.82) is 0 Å². The van der Waals surface area contributed by atoms with Crippen molar-refractivity contribution in [1.82, 2.24) is 14.9 Å². The number of benzene rings is 2. The molecule has 35 heavy (non-hydrogen) atoms. The highest BCUT2D eigenvalue weighted by atomic mass is 32.2. The van der Waals surface area contributed by atoms with Gasteiger partial charge in [-0.15, -0.1) is 11.3 Å². The molecule has 7 nitrogen and oxygen atoms in total. The molecule has 0 aliphatic heterocycles. The molecule has 2 aromatic heterocycles. The molecular weight excluding hydrogens is 482 g/mol. The van der Waals surface area contributed by atoms with Crippen molar-refractivity contribution in [2.75, 3.05) is 26.5 Å². The number of aromatic nitrogens is 2. The minimum atomic E-state index is -0.123. The number of hydrogen-bond acceptors (Lipinski definition) is 7. The lowest BCUT2D eigenvalue weighted by atomic mass is 10.1. The van der Waals surface area contributed by atoms with E-state index in [-0.39, 0.29) is 17.2 Å². The second-order valence-corrected chi connectivity index (χ2v) is 9.88. The number of amides is 1. The van der Waals surface area contributed by atoms with Gasteiger partial charge >= 0.3 is 0 Å². The maximum absolute atomic E-state index is 13.3. The van der Waals surface area contributed by atoms with Crippen LogP contribution in [0.15, 0.2) is 57.8 Å². The quantitative estimate of drug-likeness (QED) is 0.264. The first-order valence-corrected chi connectivity index (χ1v) is 13.0. The van der Waals surface area contributed by atoms with E-state index < -0.39 is 0 Å². The van der Waals surface area contributed by atoms with Crippen LogP contribution in [0.4, 0.5) is 0 Å². The highest BCUT2D eigenvalue weighted by Crippen LogP contribution is 2.28. The van der Waals surface area contributed by atoms with Crippen LogP contribution in [0.1, 0.15) is 16.7 Å². The van der Waals surface area contributed by atoms with Crippen molar-refractivity contribution < 1.29 is 14.3 Å². The lowest BCUT2D eigenvalue weighted by Gasteiger charge is -2.13. The molecule has 1 amide bonds. The molecule has 0 radical (unpaired) electrons. The predicted molar refractivity (Wildman–Crippen MR) is 142 cm³/mol. The maximum Gasteiger partial charge on any atom is 0.276 e. The summed E-state index contributed by atoms with van der Waals surface area (Å²) < 4.78 is 12.8. The van der Waals surface area contributed by atoms with E-state index in [2.05, 4.69) is 5.32 Å². The van der Waals surface area contributed by atoms with E-state index in [4.69, 9.17) is 14.5 Å². The summed E-state index contributed by atoms with van der Waals surface area (Å²) in [6.45, 7) is 4.53. The van der Waals surface area contributed by atoms with Gasteiger partial charge < -0.3 is 14.8 Å². The number of thioether (sulfide) groups is 1. The minimum Gasteiger partial charge on any atom is -0.493 e. The number of thiophene rings is 1. The van der Waals surface area contributed by atoms with Gasteiger partial charge in [0.15, 0.2) is 16.7 Å². The fourth-order valence-corrected chi connectivity index (χ4v) is 5.25. The topological polar surface area (TPSA) is 82.5 Å². The van der Waals surface area contributed by atoms with Crippen LogP contribution in [0.25, 0.3) is 15.9 Å². The summed E-state index contributed by atoms with van der Waals surface area (Å²) in [6, 6.07) is 13.4. The van der Waals surface area contributed by atoms with Gasteiger partial charge in [0.25, 0.3) is 5.56 Å². The molecule has 4 rings (SSSR count). The second kappa shape index (κ2) is 11.0. The van der Waals surface area contributed by atoms with E-state index in [0.717, 1.165) is 22.4 Å². The van der Waals surface area contributed by atoms with Gasteiger partial charge in [-0.05, 0) is 72.7 Å². The summed E-state index contributed by atoms with van der Waals surface area (Å²) in [4.78, 5) is 30.6. The Morgan fingerprint density at radius 3 is 2.60 bits per heavy atom. The largest absolute Gasteiger partial charge is 0.493 e. The first-order chi connectivity index (χ1) is 16.9. The van der Waals surface area contributed by atoms with Crippen LogP contribution < -0.4 is 20.3 Å². The third-order valence-electron chi connectivity index (χ3n) is 5.71. The van der Waals surface area contributed by atoms with Crippen molar-refractivity contribution in [2.45, 2.75) is 25.4 Å². The number of aryl methyl sites for hydroxylation is 2. The molecule has 0 atom stereocenters. The number of carbonyl (C=O) groups excluding carboxylic acids is 1. The Balaban J connectivity index is 1.46. The Morgan fingerprint density at radius 1 is 1.06 bits per heavy atom. The van der Waals surface area contributed by atoms with Gasteiger partial charge in [0, 0.05) is 6.54 Å². The molecule has 0 spiro atoms. The van der Waals surface area contributed by atoms with Crippen LogP contribution in [0.5, 0.6) is 11.5 Å². The van der Waals surface area contributed by atoms with Gasteiger partial charge in [-0.2, -0.15) is 0 Å². The molecule has 0 aliphatic rings. The van der Waals surface area contributed by atoms with Gasteiger partial charge in [-0.3, -0.25) is 14.2 Å². The van der Waals surface area contributed by atoms with Crippen LogP contribution in [0, 0.1) is 13.8 Å². The van der Waals surface area contributed by atoms with Gasteiger partial charge in [-0.25, -0.2) is 4.98 Å². The summed E-state index contributed by atoms with van der Waals surface area (Å²) in [7, 11) is 3.19. The Hall–Kier alpha value is -3.30. The SMILES string of the molecule is COc1ccc(CCNC(=O)CSc2nc3ccsc3c(=O)n2-c2ccc(C)c(C)c2)cc1OC. The number of nitrogens with zero attached hydrogens (tertiary/aromatic N) is 2. The third kappa shape index (κ3) is 5.52. The fraction of sp³-hybridized carbons (Fsp3) is 0.269. The molecule has 4 aromatic rings. The molecule has 0 saturated carbocycles. The van der Waals surface area contributed by atoms with E-state index in [1.165, 1.54) is 23.1 Å². The Labute approximate surface area is 212 Å². The first kappa shape index (κ1) is 24.8. The molecule has 2 aromatic carbocycles. The lowest BCUT2D eigenvalue weighted by Crippen LogP contribution is -2.28. The molecule has 2 heterocycles. The molecule has 0 bridgehead atoms. The summed E-state index contributed by atoms with van der Waals surface area (Å²) in [5.74, 6) is 1.35. The molecular formula is C26H27N3O4S2. The molecule has 182 valence electrons. The highest BCUT2D eigenvalue weighted by Gasteiger charge is 2.16. The smallest absolute Gasteiger partial charge is 0.276 e. The Morgan fingerprint density at radius 2 is 1.86 bits per heavy atom. The predicted octanol–water partition coefficient (Wildman–Crippen LogP) is 4.53. The highest BCUT2D eigenvalue weighted by molar-refractivity contribution is 7.99. The zero-order valence-electron chi connectivity index (χ0n) is 20.1. The minimum absolute atomic E-state index is 0.121. The van der Waals surface area contributed by atoms with Crippen LogP contribution in [0.2, 0.25) is 0 Å². The number of hydrogen-bond donors (Lipinski definition) is 1. The normalized spacial score (nSPS) is 11.0. The number of ether oxygens (including phenoxy) is 2. The molecule has 9 heteroatoms. The molecule has 1 N–H and O–H groups in total. The zero-order valence-corrected chi connectivity index (χ0v) is 21.7. The van der Waals surface area contributed by atoms with Gasteiger partial charge in [-0.1, -0.05) is 23.9 Å². The number of carbonyl (C=O) groups is 1. The summed E-state index contributed by atoms with van der Waals surface area (Å²) in [5, 5.41) is 5.30.